The molecule has 2 aromatic rings. The van der Waals surface area contributed by atoms with Gasteiger partial charge in [-0.15, -0.1) is 0 Å². The first-order chi connectivity index (χ1) is 9.66. The molecule has 0 aliphatic heterocycles. The topological polar surface area (TPSA) is 44.5 Å². The highest BCUT2D eigenvalue weighted by Crippen LogP contribution is 2.24. The van der Waals surface area contributed by atoms with Gasteiger partial charge in [-0.3, -0.25) is 0 Å². The van der Waals surface area contributed by atoms with Crippen LogP contribution in [-0.2, 0) is 0 Å². The minimum atomic E-state index is -0.0417. The van der Waals surface area contributed by atoms with E-state index in [-0.39, 0.29) is 6.04 Å². The summed E-state index contributed by atoms with van der Waals surface area (Å²) < 4.78 is 11.4. The lowest BCUT2D eigenvalue weighted by molar-refractivity contribution is 0.215. The highest BCUT2D eigenvalue weighted by atomic mass is 16.5. The number of hydrogen-bond donors (Lipinski definition) is 1. The molecular weight excluding hydrogens is 250 g/mol. The summed E-state index contributed by atoms with van der Waals surface area (Å²) in [5.74, 6) is 1.69. The van der Waals surface area contributed by atoms with Crippen molar-refractivity contribution in [1.82, 2.24) is 0 Å². The molecule has 2 aromatic carbocycles. The molecule has 0 radical (unpaired) electrons. The molecule has 0 saturated carbocycles. The maximum atomic E-state index is 5.97. The van der Waals surface area contributed by atoms with Crippen molar-refractivity contribution in [3.63, 3.8) is 0 Å². The van der Waals surface area contributed by atoms with E-state index in [4.69, 9.17) is 15.2 Å². The lowest BCUT2D eigenvalue weighted by Gasteiger charge is -2.15. The molecule has 0 aliphatic rings. The zero-order valence-electron chi connectivity index (χ0n) is 12.0. The van der Waals surface area contributed by atoms with Gasteiger partial charge in [0.05, 0.1) is 0 Å². The van der Waals surface area contributed by atoms with Crippen molar-refractivity contribution in [1.29, 1.82) is 0 Å². The molecule has 106 valence electrons. The Labute approximate surface area is 120 Å². The Balaban J connectivity index is 1.88. The molecule has 3 heteroatoms. The van der Waals surface area contributed by atoms with E-state index in [1.807, 2.05) is 56.3 Å². The number of nitrogens with two attached hydrogens (primary N) is 1. The smallest absolute Gasteiger partial charge is 0.124 e. The van der Waals surface area contributed by atoms with Crippen molar-refractivity contribution >= 4 is 0 Å². The Morgan fingerprint density at radius 3 is 2.40 bits per heavy atom. The zero-order valence-corrected chi connectivity index (χ0v) is 12.0. The van der Waals surface area contributed by atoms with Crippen LogP contribution >= 0.6 is 0 Å². The second-order valence-corrected chi connectivity index (χ2v) is 4.84. The lowest BCUT2D eigenvalue weighted by Crippen LogP contribution is -2.12. The second kappa shape index (κ2) is 6.96. The second-order valence-electron chi connectivity index (χ2n) is 4.84. The van der Waals surface area contributed by atoms with Gasteiger partial charge in [-0.2, -0.15) is 0 Å². The van der Waals surface area contributed by atoms with E-state index in [2.05, 4.69) is 6.07 Å². The van der Waals surface area contributed by atoms with Crippen LogP contribution < -0.4 is 15.2 Å². The van der Waals surface area contributed by atoms with E-state index in [1.165, 1.54) is 5.56 Å². The molecule has 0 aliphatic carbocycles. The highest BCUT2D eigenvalue weighted by Gasteiger charge is 2.08. The van der Waals surface area contributed by atoms with Crippen molar-refractivity contribution in [2.24, 2.45) is 5.73 Å². The van der Waals surface area contributed by atoms with Crippen LogP contribution in [0.25, 0.3) is 0 Å². The SMILES string of the molecule is Cc1ccc(OCCOc2ccccc2)c([C@@H](C)N)c1. The molecule has 0 bridgehead atoms. The van der Waals surface area contributed by atoms with Crippen LogP contribution in [0.15, 0.2) is 48.5 Å². The van der Waals surface area contributed by atoms with Crippen molar-refractivity contribution in [3.8, 4) is 11.5 Å². The average molecular weight is 271 g/mol. The third-order valence-electron chi connectivity index (χ3n) is 3.01. The Hall–Kier alpha value is -2.00. The number of ether oxygens (including phenoxy) is 2. The van der Waals surface area contributed by atoms with Crippen LogP contribution in [0.5, 0.6) is 11.5 Å². The van der Waals surface area contributed by atoms with E-state index in [0.29, 0.717) is 13.2 Å². The summed E-state index contributed by atoms with van der Waals surface area (Å²) in [5, 5.41) is 0. The predicted octanol–water partition coefficient (Wildman–Crippen LogP) is 3.47. The van der Waals surface area contributed by atoms with E-state index in [1.54, 1.807) is 0 Å². The minimum Gasteiger partial charge on any atom is -0.490 e. The zero-order chi connectivity index (χ0) is 14.4. The molecule has 0 heterocycles. The van der Waals surface area contributed by atoms with Gasteiger partial charge in [-0.25, -0.2) is 0 Å². The molecule has 2 N–H and O–H groups in total. The molecule has 0 fully saturated rings. The van der Waals surface area contributed by atoms with E-state index >= 15 is 0 Å². The molecule has 0 amide bonds. The minimum absolute atomic E-state index is 0.0417. The maximum absolute atomic E-state index is 5.97. The monoisotopic (exact) mass is 271 g/mol. The van der Waals surface area contributed by atoms with Gasteiger partial charge < -0.3 is 15.2 Å². The molecule has 0 spiro atoms. The molecule has 0 unspecified atom stereocenters. The summed E-state index contributed by atoms with van der Waals surface area (Å²) in [4.78, 5) is 0. The Bertz CT molecular complexity index is 538. The fourth-order valence-electron chi connectivity index (χ4n) is 1.98. The summed E-state index contributed by atoms with van der Waals surface area (Å²) in [6.07, 6.45) is 0. The van der Waals surface area contributed by atoms with Crippen molar-refractivity contribution in [2.45, 2.75) is 19.9 Å². The summed E-state index contributed by atoms with van der Waals surface area (Å²) in [6, 6.07) is 15.7. The van der Waals surface area contributed by atoms with Crippen LogP contribution in [0.4, 0.5) is 0 Å². The van der Waals surface area contributed by atoms with Gasteiger partial charge in [-0.05, 0) is 32.0 Å². The maximum Gasteiger partial charge on any atom is 0.124 e. The van der Waals surface area contributed by atoms with Gasteiger partial charge in [-0.1, -0.05) is 35.9 Å². The molecule has 3 nitrogen and oxygen atoms in total. The molecule has 2 rings (SSSR count). The van der Waals surface area contributed by atoms with Crippen LogP contribution in [0, 0.1) is 6.92 Å². The first-order valence-electron chi connectivity index (χ1n) is 6.83. The highest BCUT2D eigenvalue weighted by molar-refractivity contribution is 5.38. The summed E-state index contributed by atoms with van der Waals surface area (Å²) >= 11 is 0. The van der Waals surface area contributed by atoms with Crippen molar-refractivity contribution in [2.75, 3.05) is 13.2 Å². The molecule has 20 heavy (non-hydrogen) atoms. The van der Waals surface area contributed by atoms with Crippen LogP contribution in [0.1, 0.15) is 24.1 Å². The predicted molar refractivity (Wildman–Crippen MR) is 81.2 cm³/mol. The third-order valence-corrected chi connectivity index (χ3v) is 3.01. The fourth-order valence-corrected chi connectivity index (χ4v) is 1.98. The number of rotatable bonds is 6. The van der Waals surface area contributed by atoms with E-state index in [9.17, 15) is 0 Å². The van der Waals surface area contributed by atoms with Crippen LogP contribution in [0.2, 0.25) is 0 Å². The number of aryl methyl sites for hydroxylation is 1. The fraction of sp³-hybridized carbons (Fsp3) is 0.294. The standard InChI is InChI=1S/C17H21NO2/c1-13-8-9-17(16(12-13)14(2)18)20-11-10-19-15-6-4-3-5-7-15/h3-9,12,14H,10-11,18H2,1-2H3/t14-/m1/s1. The number of para-hydroxylation sites is 1. The van der Waals surface area contributed by atoms with Gasteiger partial charge in [0.25, 0.3) is 0 Å². The van der Waals surface area contributed by atoms with E-state index in [0.717, 1.165) is 17.1 Å². The Morgan fingerprint density at radius 2 is 1.70 bits per heavy atom. The van der Waals surface area contributed by atoms with Gasteiger partial charge in [0.1, 0.15) is 24.7 Å². The first kappa shape index (κ1) is 14.4. The summed E-state index contributed by atoms with van der Waals surface area (Å²) in [7, 11) is 0. The normalized spacial score (nSPS) is 11.9. The molecular formula is C17H21NO2. The van der Waals surface area contributed by atoms with Crippen LogP contribution in [-0.4, -0.2) is 13.2 Å². The lowest BCUT2D eigenvalue weighted by atomic mass is 10.1. The number of hydrogen-bond acceptors (Lipinski definition) is 3. The Kier molecular flexibility index (Phi) is 5.02. The Morgan fingerprint density at radius 1 is 1.00 bits per heavy atom. The summed E-state index contributed by atoms with van der Waals surface area (Å²) in [5.41, 5.74) is 8.18. The summed E-state index contributed by atoms with van der Waals surface area (Å²) in [6.45, 7) is 5.02. The number of benzene rings is 2. The molecule has 1 atom stereocenters. The van der Waals surface area contributed by atoms with E-state index < -0.39 is 0 Å². The third kappa shape index (κ3) is 4.00. The van der Waals surface area contributed by atoms with Gasteiger partial charge in [0.15, 0.2) is 0 Å². The van der Waals surface area contributed by atoms with Gasteiger partial charge in [0, 0.05) is 11.6 Å². The van der Waals surface area contributed by atoms with Crippen molar-refractivity contribution < 1.29 is 9.47 Å². The quantitative estimate of drug-likeness (QED) is 0.818. The first-order valence-corrected chi connectivity index (χ1v) is 6.83. The average Bonchev–Trinajstić information content (AvgIpc) is 2.45. The largest absolute Gasteiger partial charge is 0.490 e. The van der Waals surface area contributed by atoms with Gasteiger partial charge in [0.2, 0.25) is 0 Å². The van der Waals surface area contributed by atoms with Crippen LogP contribution in [0.3, 0.4) is 0 Å². The molecule has 0 aromatic heterocycles. The van der Waals surface area contributed by atoms with Crippen molar-refractivity contribution in [3.05, 3.63) is 59.7 Å². The molecule has 0 saturated heterocycles. The van der Waals surface area contributed by atoms with Gasteiger partial charge >= 0.3 is 0 Å².